The van der Waals surface area contributed by atoms with Gasteiger partial charge in [-0.25, -0.2) is 0 Å². The lowest BCUT2D eigenvalue weighted by Gasteiger charge is -2.27. The minimum atomic E-state index is -0.361. The summed E-state index contributed by atoms with van der Waals surface area (Å²) >= 11 is 0. The molecule has 0 bridgehead atoms. The van der Waals surface area contributed by atoms with Gasteiger partial charge in [0.1, 0.15) is 0 Å². The van der Waals surface area contributed by atoms with Crippen molar-refractivity contribution in [2.45, 2.75) is 65.3 Å². The second-order valence-corrected chi connectivity index (χ2v) is 7.54. The van der Waals surface area contributed by atoms with Gasteiger partial charge in [-0.05, 0) is 62.9 Å². The maximum absolute atomic E-state index is 10.3. The number of ether oxygens (including phenoxy) is 2. The van der Waals surface area contributed by atoms with E-state index >= 15 is 0 Å². The van der Waals surface area contributed by atoms with Gasteiger partial charge in [-0.15, -0.1) is 0 Å². The van der Waals surface area contributed by atoms with E-state index in [9.17, 15) is 5.11 Å². The maximum atomic E-state index is 10.3. The molecular weight excluding hydrogens is 252 g/mol. The standard InChI is InChI=1S/C17H28O3/c1-11(2)12-9-14-13(16(14,3)10-15(12)18)5-6-17(4)19-7-8-20-17/h13-15,18H,5-10H2,1-4H3/t13-,14-,15+,16+/m1/s1. The van der Waals surface area contributed by atoms with Crippen molar-refractivity contribution >= 4 is 0 Å². The van der Waals surface area contributed by atoms with Crippen molar-refractivity contribution in [1.82, 2.24) is 0 Å². The minimum Gasteiger partial charge on any atom is -0.389 e. The molecule has 2 aliphatic carbocycles. The summed E-state index contributed by atoms with van der Waals surface area (Å²) in [6, 6.07) is 0. The topological polar surface area (TPSA) is 38.7 Å². The Balaban J connectivity index is 1.62. The highest BCUT2D eigenvalue weighted by Gasteiger charge is 2.63. The Bertz CT molecular complexity index is 418. The summed E-state index contributed by atoms with van der Waals surface area (Å²) in [7, 11) is 0. The first-order chi connectivity index (χ1) is 9.36. The monoisotopic (exact) mass is 280 g/mol. The molecule has 114 valence electrons. The van der Waals surface area contributed by atoms with E-state index in [-0.39, 0.29) is 11.9 Å². The van der Waals surface area contributed by atoms with Gasteiger partial charge >= 0.3 is 0 Å². The van der Waals surface area contributed by atoms with Crippen molar-refractivity contribution in [2.24, 2.45) is 17.3 Å². The normalized spacial score (nSPS) is 42.5. The van der Waals surface area contributed by atoms with Crippen LogP contribution in [-0.2, 0) is 9.47 Å². The van der Waals surface area contributed by atoms with Crippen molar-refractivity contribution in [3.63, 3.8) is 0 Å². The van der Waals surface area contributed by atoms with Gasteiger partial charge in [-0.3, -0.25) is 0 Å². The second-order valence-electron chi connectivity index (χ2n) is 7.54. The van der Waals surface area contributed by atoms with E-state index in [0.717, 1.165) is 50.7 Å². The highest BCUT2D eigenvalue weighted by Crippen LogP contribution is 2.69. The summed E-state index contributed by atoms with van der Waals surface area (Å²) in [5.41, 5.74) is 2.93. The number of hydrogen-bond acceptors (Lipinski definition) is 3. The number of allylic oxidation sites excluding steroid dienone is 1. The fraction of sp³-hybridized carbons (Fsp3) is 0.882. The molecule has 0 aromatic heterocycles. The highest BCUT2D eigenvalue weighted by molar-refractivity contribution is 5.27. The number of fused-ring (bicyclic) bond motifs is 1. The summed E-state index contributed by atoms with van der Waals surface area (Å²) in [6.45, 7) is 10.1. The summed E-state index contributed by atoms with van der Waals surface area (Å²) in [5, 5.41) is 10.3. The van der Waals surface area contributed by atoms with Gasteiger partial charge in [0.05, 0.1) is 19.3 Å². The van der Waals surface area contributed by atoms with Crippen LogP contribution in [0.15, 0.2) is 11.1 Å². The Hall–Kier alpha value is -0.380. The van der Waals surface area contributed by atoms with E-state index < -0.39 is 0 Å². The van der Waals surface area contributed by atoms with Crippen LogP contribution in [0, 0.1) is 17.3 Å². The molecule has 3 heteroatoms. The molecule has 1 N–H and O–H groups in total. The Kier molecular flexibility index (Phi) is 3.51. The Labute approximate surface area is 122 Å². The molecule has 0 aromatic carbocycles. The third kappa shape index (κ3) is 2.34. The lowest BCUT2D eigenvalue weighted by atomic mass is 9.82. The van der Waals surface area contributed by atoms with Crippen LogP contribution in [0.5, 0.6) is 0 Å². The van der Waals surface area contributed by atoms with Crippen LogP contribution < -0.4 is 0 Å². The fourth-order valence-electron chi connectivity index (χ4n) is 4.54. The van der Waals surface area contributed by atoms with Crippen LogP contribution in [0.25, 0.3) is 0 Å². The molecule has 3 rings (SSSR count). The predicted molar refractivity (Wildman–Crippen MR) is 78.2 cm³/mol. The van der Waals surface area contributed by atoms with Gasteiger partial charge in [0.25, 0.3) is 0 Å². The molecule has 1 saturated heterocycles. The molecule has 0 spiro atoms. The summed E-state index contributed by atoms with van der Waals surface area (Å²) in [6.07, 6.45) is 3.93. The molecule has 0 radical (unpaired) electrons. The average molecular weight is 280 g/mol. The third-order valence-corrected chi connectivity index (χ3v) is 6.00. The van der Waals surface area contributed by atoms with Crippen LogP contribution in [0.1, 0.15) is 53.4 Å². The maximum Gasteiger partial charge on any atom is 0.165 e. The van der Waals surface area contributed by atoms with Gasteiger partial charge in [-0.2, -0.15) is 0 Å². The smallest absolute Gasteiger partial charge is 0.165 e. The van der Waals surface area contributed by atoms with Crippen LogP contribution in [0.2, 0.25) is 0 Å². The second kappa shape index (κ2) is 4.82. The van der Waals surface area contributed by atoms with Crippen molar-refractivity contribution < 1.29 is 14.6 Å². The zero-order chi connectivity index (χ0) is 14.5. The first-order valence-electron chi connectivity index (χ1n) is 7.98. The Morgan fingerprint density at radius 3 is 2.50 bits per heavy atom. The molecular formula is C17H28O3. The first kappa shape index (κ1) is 14.6. The number of aliphatic hydroxyl groups is 1. The zero-order valence-corrected chi connectivity index (χ0v) is 13.2. The van der Waals surface area contributed by atoms with E-state index in [4.69, 9.17) is 9.47 Å². The summed E-state index contributed by atoms with van der Waals surface area (Å²) in [4.78, 5) is 0. The highest BCUT2D eigenvalue weighted by atomic mass is 16.7. The first-order valence-corrected chi connectivity index (χ1v) is 7.98. The van der Waals surface area contributed by atoms with Crippen molar-refractivity contribution in [3.05, 3.63) is 11.1 Å². The molecule has 3 nitrogen and oxygen atoms in total. The number of aliphatic hydroxyl groups excluding tert-OH is 1. The SMILES string of the molecule is CC(C)=C1C[C@@H]2[C@@H](CCC3(C)OCCO3)[C@]2(C)C[C@@H]1O. The molecule has 3 fully saturated rings. The molecule has 20 heavy (non-hydrogen) atoms. The summed E-state index contributed by atoms with van der Waals surface area (Å²) in [5.74, 6) is 1.11. The van der Waals surface area contributed by atoms with Crippen LogP contribution >= 0.6 is 0 Å². The number of rotatable bonds is 3. The lowest BCUT2D eigenvalue weighted by Crippen LogP contribution is -2.25. The zero-order valence-electron chi connectivity index (χ0n) is 13.2. The largest absolute Gasteiger partial charge is 0.389 e. The molecule has 0 amide bonds. The number of hydrogen-bond donors (Lipinski definition) is 1. The van der Waals surface area contributed by atoms with Gasteiger partial charge < -0.3 is 14.6 Å². The quantitative estimate of drug-likeness (QED) is 0.806. The van der Waals surface area contributed by atoms with Gasteiger partial charge in [0, 0.05) is 6.42 Å². The van der Waals surface area contributed by atoms with Crippen LogP contribution in [-0.4, -0.2) is 30.2 Å². The Morgan fingerprint density at radius 2 is 1.90 bits per heavy atom. The van der Waals surface area contributed by atoms with Gasteiger partial charge in [0.15, 0.2) is 5.79 Å². The fourth-order valence-corrected chi connectivity index (χ4v) is 4.54. The molecule has 4 atom stereocenters. The molecule has 0 aromatic rings. The van der Waals surface area contributed by atoms with Crippen molar-refractivity contribution in [1.29, 1.82) is 0 Å². The average Bonchev–Trinajstić information content (AvgIpc) is 2.69. The van der Waals surface area contributed by atoms with Gasteiger partial charge in [0.2, 0.25) is 0 Å². The molecule has 3 aliphatic rings. The van der Waals surface area contributed by atoms with Crippen molar-refractivity contribution in [3.8, 4) is 0 Å². The molecule has 2 saturated carbocycles. The van der Waals surface area contributed by atoms with Crippen molar-refractivity contribution in [2.75, 3.05) is 13.2 Å². The Morgan fingerprint density at radius 1 is 1.25 bits per heavy atom. The van der Waals surface area contributed by atoms with E-state index in [2.05, 4.69) is 27.7 Å². The third-order valence-electron chi connectivity index (χ3n) is 6.00. The van der Waals surface area contributed by atoms with Crippen LogP contribution in [0.4, 0.5) is 0 Å². The van der Waals surface area contributed by atoms with Gasteiger partial charge in [-0.1, -0.05) is 12.5 Å². The predicted octanol–water partition coefficient (Wildman–Crippen LogP) is 3.27. The van der Waals surface area contributed by atoms with E-state index in [1.54, 1.807) is 0 Å². The van der Waals surface area contributed by atoms with E-state index in [0.29, 0.717) is 5.41 Å². The molecule has 1 heterocycles. The summed E-state index contributed by atoms with van der Waals surface area (Å²) < 4.78 is 11.4. The van der Waals surface area contributed by atoms with Crippen LogP contribution in [0.3, 0.4) is 0 Å². The van der Waals surface area contributed by atoms with E-state index in [1.807, 2.05) is 0 Å². The lowest BCUT2D eigenvalue weighted by molar-refractivity contribution is -0.148. The molecule has 1 aliphatic heterocycles. The molecule has 0 unspecified atom stereocenters. The van der Waals surface area contributed by atoms with E-state index in [1.165, 1.54) is 11.1 Å². The minimum absolute atomic E-state index is 0.221.